The molecule has 1 saturated heterocycles. The van der Waals surface area contributed by atoms with Crippen molar-refractivity contribution in [2.45, 2.75) is 25.3 Å². The monoisotopic (exact) mass is 282 g/mol. The van der Waals surface area contributed by atoms with E-state index in [2.05, 4.69) is 12.2 Å². The maximum absolute atomic E-state index is 12.4. The number of piperidine rings is 1. The minimum atomic E-state index is -0.112. The number of hydrogen-bond donors (Lipinski definition) is 2. The van der Waals surface area contributed by atoms with Crippen molar-refractivity contribution in [1.82, 2.24) is 10.2 Å². The minimum absolute atomic E-state index is 0.0600. The maximum Gasteiger partial charge on any atom is 0.255 e. The second-order valence-corrected chi connectivity index (χ2v) is 5.67. The summed E-state index contributed by atoms with van der Waals surface area (Å²) in [7, 11) is 1.95. The van der Waals surface area contributed by atoms with Crippen LogP contribution in [0.2, 0.25) is 5.02 Å². The highest BCUT2D eigenvalue weighted by molar-refractivity contribution is 6.33. The van der Waals surface area contributed by atoms with Gasteiger partial charge in [-0.15, -0.1) is 0 Å². The third kappa shape index (κ3) is 3.01. The van der Waals surface area contributed by atoms with Crippen LogP contribution in [0.1, 0.15) is 30.1 Å². The normalized spacial score (nSPS) is 18.4. The van der Waals surface area contributed by atoms with Crippen LogP contribution in [0.15, 0.2) is 18.2 Å². The van der Waals surface area contributed by atoms with Gasteiger partial charge in [-0.25, -0.2) is 0 Å². The first-order valence-electron chi connectivity index (χ1n) is 6.42. The molecular formula is C14H19ClN2O2. The first-order valence-corrected chi connectivity index (χ1v) is 6.80. The van der Waals surface area contributed by atoms with Crippen LogP contribution in [-0.2, 0) is 0 Å². The Bertz CT molecular complexity index is 482. The summed E-state index contributed by atoms with van der Waals surface area (Å²) in [6.45, 7) is 3.56. The van der Waals surface area contributed by atoms with Crippen LogP contribution >= 0.6 is 11.6 Å². The Morgan fingerprint density at radius 1 is 1.42 bits per heavy atom. The lowest BCUT2D eigenvalue weighted by Gasteiger charge is -2.39. The molecule has 1 heterocycles. The number of hydrogen-bond acceptors (Lipinski definition) is 3. The Morgan fingerprint density at radius 2 is 2.05 bits per heavy atom. The summed E-state index contributed by atoms with van der Waals surface area (Å²) >= 11 is 6.02. The number of phenols is 1. The van der Waals surface area contributed by atoms with E-state index in [0.717, 1.165) is 12.8 Å². The maximum atomic E-state index is 12.4. The van der Waals surface area contributed by atoms with Gasteiger partial charge >= 0.3 is 0 Å². The molecule has 1 aliphatic heterocycles. The average molecular weight is 283 g/mol. The number of nitrogens with one attached hydrogen (secondary N) is 1. The molecule has 0 spiro atoms. The first kappa shape index (κ1) is 14.2. The Kier molecular flexibility index (Phi) is 4.02. The van der Waals surface area contributed by atoms with Crippen molar-refractivity contribution >= 4 is 17.5 Å². The Balaban J connectivity index is 2.11. The number of halogens is 1. The van der Waals surface area contributed by atoms with Gasteiger partial charge in [-0.3, -0.25) is 4.79 Å². The van der Waals surface area contributed by atoms with Crippen LogP contribution in [0.25, 0.3) is 0 Å². The lowest BCUT2D eigenvalue weighted by Crippen LogP contribution is -2.51. The number of aromatic hydroxyl groups is 1. The molecule has 0 bridgehead atoms. The molecule has 5 heteroatoms. The molecule has 4 nitrogen and oxygen atoms in total. The van der Waals surface area contributed by atoms with Gasteiger partial charge in [-0.1, -0.05) is 11.6 Å². The summed E-state index contributed by atoms with van der Waals surface area (Å²) in [4.78, 5) is 14.2. The number of phenolic OH excluding ortho intramolecular Hbond substituents is 1. The number of benzene rings is 1. The molecule has 0 saturated carbocycles. The van der Waals surface area contributed by atoms with Crippen molar-refractivity contribution in [2.75, 3.05) is 20.1 Å². The number of rotatable bonds is 2. The zero-order valence-electron chi connectivity index (χ0n) is 11.2. The second kappa shape index (κ2) is 5.39. The van der Waals surface area contributed by atoms with Crippen LogP contribution in [0, 0.1) is 0 Å². The van der Waals surface area contributed by atoms with Gasteiger partial charge in [0.2, 0.25) is 0 Å². The Morgan fingerprint density at radius 3 is 2.63 bits per heavy atom. The number of carbonyl (C=O) groups excluding carboxylic acids is 1. The molecule has 2 N–H and O–H groups in total. The molecular weight excluding hydrogens is 264 g/mol. The fourth-order valence-corrected chi connectivity index (χ4v) is 2.50. The standard InChI is InChI=1S/C14H19ClN2O2/c1-14(16-2)5-7-17(8-6-14)13(19)11-9-10(18)3-4-12(11)15/h3-4,9,16,18H,5-8H2,1-2H3. The van der Waals surface area contributed by atoms with Crippen LogP contribution in [-0.4, -0.2) is 41.6 Å². The van der Waals surface area contributed by atoms with Crippen molar-refractivity contribution in [3.8, 4) is 5.75 Å². The van der Waals surface area contributed by atoms with E-state index < -0.39 is 0 Å². The Hall–Kier alpha value is -1.26. The summed E-state index contributed by atoms with van der Waals surface area (Å²) in [6, 6.07) is 4.45. The van der Waals surface area contributed by atoms with Crippen molar-refractivity contribution in [3.05, 3.63) is 28.8 Å². The third-order valence-electron chi connectivity index (χ3n) is 3.94. The van der Waals surface area contributed by atoms with Crippen molar-refractivity contribution in [2.24, 2.45) is 0 Å². The molecule has 0 unspecified atom stereocenters. The van der Waals surface area contributed by atoms with E-state index in [0.29, 0.717) is 23.7 Å². The molecule has 104 valence electrons. The van der Waals surface area contributed by atoms with Crippen molar-refractivity contribution < 1.29 is 9.90 Å². The lowest BCUT2D eigenvalue weighted by atomic mass is 9.89. The molecule has 1 aromatic carbocycles. The average Bonchev–Trinajstić information content (AvgIpc) is 2.42. The van der Waals surface area contributed by atoms with E-state index in [9.17, 15) is 9.90 Å². The van der Waals surface area contributed by atoms with Gasteiger partial charge in [-0.05, 0) is 45.0 Å². The molecule has 0 aliphatic carbocycles. The van der Waals surface area contributed by atoms with E-state index in [-0.39, 0.29) is 17.2 Å². The predicted octanol–water partition coefficient (Wildman–Crippen LogP) is 2.26. The SMILES string of the molecule is CNC1(C)CCN(C(=O)c2cc(O)ccc2Cl)CC1. The van der Waals surface area contributed by atoms with E-state index in [1.54, 1.807) is 11.0 Å². The van der Waals surface area contributed by atoms with Gasteiger partial charge in [0.25, 0.3) is 5.91 Å². The van der Waals surface area contributed by atoms with Crippen LogP contribution in [0.3, 0.4) is 0 Å². The van der Waals surface area contributed by atoms with Gasteiger partial charge in [0.05, 0.1) is 10.6 Å². The molecule has 1 aromatic rings. The summed E-state index contributed by atoms with van der Waals surface area (Å²) in [5.74, 6) is -0.0520. The first-order chi connectivity index (χ1) is 8.95. The third-order valence-corrected chi connectivity index (χ3v) is 4.27. The van der Waals surface area contributed by atoms with E-state index >= 15 is 0 Å². The summed E-state index contributed by atoms with van der Waals surface area (Å²) in [6.07, 6.45) is 1.82. The number of carbonyl (C=O) groups is 1. The van der Waals surface area contributed by atoms with E-state index in [1.807, 2.05) is 7.05 Å². The highest BCUT2D eigenvalue weighted by Crippen LogP contribution is 2.26. The largest absolute Gasteiger partial charge is 0.508 e. The highest BCUT2D eigenvalue weighted by atomic mass is 35.5. The van der Waals surface area contributed by atoms with Crippen molar-refractivity contribution in [3.63, 3.8) is 0 Å². The molecule has 0 aromatic heterocycles. The number of amides is 1. The minimum Gasteiger partial charge on any atom is -0.508 e. The fourth-order valence-electron chi connectivity index (χ4n) is 2.30. The van der Waals surface area contributed by atoms with Crippen LogP contribution in [0.4, 0.5) is 0 Å². The number of nitrogens with zero attached hydrogens (tertiary/aromatic N) is 1. The zero-order valence-corrected chi connectivity index (χ0v) is 12.0. The van der Waals surface area contributed by atoms with Gasteiger partial charge in [-0.2, -0.15) is 0 Å². The molecule has 1 amide bonds. The topological polar surface area (TPSA) is 52.6 Å². The molecule has 0 radical (unpaired) electrons. The lowest BCUT2D eigenvalue weighted by molar-refractivity contribution is 0.0661. The molecule has 2 rings (SSSR count). The smallest absolute Gasteiger partial charge is 0.255 e. The van der Waals surface area contributed by atoms with Gasteiger partial charge in [0.1, 0.15) is 5.75 Å². The van der Waals surface area contributed by atoms with Crippen LogP contribution in [0.5, 0.6) is 5.75 Å². The zero-order chi connectivity index (χ0) is 14.0. The van der Waals surface area contributed by atoms with E-state index in [1.165, 1.54) is 12.1 Å². The van der Waals surface area contributed by atoms with Gasteiger partial charge < -0.3 is 15.3 Å². The van der Waals surface area contributed by atoms with Gasteiger partial charge in [0.15, 0.2) is 0 Å². The van der Waals surface area contributed by atoms with E-state index in [4.69, 9.17) is 11.6 Å². The second-order valence-electron chi connectivity index (χ2n) is 5.27. The van der Waals surface area contributed by atoms with Crippen LogP contribution < -0.4 is 5.32 Å². The molecule has 0 atom stereocenters. The molecule has 19 heavy (non-hydrogen) atoms. The highest BCUT2D eigenvalue weighted by Gasteiger charge is 2.31. The molecule has 1 fully saturated rings. The summed E-state index contributed by atoms with van der Waals surface area (Å²) in [5, 5.41) is 13.1. The quantitative estimate of drug-likeness (QED) is 0.875. The van der Waals surface area contributed by atoms with Crippen molar-refractivity contribution in [1.29, 1.82) is 0 Å². The summed E-state index contributed by atoms with van der Waals surface area (Å²) in [5.41, 5.74) is 0.467. The number of likely N-dealkylation sites (tertiary alicyclic amines) is 1. The molecule has 1 aliphatic rings. The fraction of sp³-hybridized carbons (Fsp3) is 0.500. The summed E-state index contributed by atoms with van der Waals surface area (Å²) < 4.78 is 0. The predicted molar refractivity (Wildman–Crippen MR) is 75.7 cm³/mol. The Labute approximate surface area is 118 Å². The van der Waals surface area contributed by atoms with Gasteiger partial charge in [0, 0.05) is 18.6 Å².